The van der Waals surface area contributed by atoms with Crippen molar-refractivity contribution in [3.8, 4) is 23.0 Å². The third-order valence-corrected chi connectivity index (χ3v) is 5.85. The lowest BCUT2D eigenvalue weighted by molar-refractivity contribution is -0.137. The van der Waals surface area contributed by atoms with E-state index < -0.39 is 23.6 Å². The molecule has 0 saturated heterocycles. The molecule has 0 aromatic heterocycles. The lowest BCUT2D eigenvalue weighted by atomic mass is 10.0. The van der Waals surface area contributed by atoms with E-state index in [0.29, 0.717) is 34.1 Å². The van der Waals surface area contributed by atoms with Gasteiger partial charge in [-0.25, -0.2) is 4.39 Å². The van der Waals surface area contributed by atoms with Crippen LogP contribution in [0.3, 0.4) is 0 Å². The SMILES string of the molecule is COc1cc(/C=C\c2cc(F)c(OC)c(NC(C)CC(=O)c3ccc(C(F)(F)F)cc3)c2)cc(OC)c1OC. The van der Waals surface area contributed by atoms with E-state index in [4.69, 9.17) is 18.9 Å². The molecule has 0 spiro atoms. The molecule has 208 valence electrons. The first-order valence-corrected chi connectivity index (χ1v) is 11.8. The van der Waals surface area contributed by atoms with Gasteiger partial charge in [-0.05, 0) is 54.4 Å². The summed E-state index contributed by atoms with van der Waals surface area (Å²) in [6, 6.07) is 9.99. The number of nitrogens with one attached hydrogen (secondary N) is 1. The van der Waals surface area contributed by atoms with Crippen molar-refractivity contribution in [1.29, 1.82) is 0 Å². The van der Waals surface area contributed by atoms with E-state index in [1.165, 1.54) is 34.5 Å². The Morgan fingerprint density at radius 1 is 0.846 bits per heavy atom. The number of carbonyl (C=O) groups is 1. The van der Waals surface area contributed by atoms with Gasteiger partial charge in [0.25, 0.3) is 0 Å². The molecule has 6 nitrogen and oxygen atoms in total. The van der Waals surface area contributed by atoms with Crippen LogP contribution in [-0.2, 0) is 6.18 Å². The van der Waals surface area contributed by atoms with Gasteiger partial charge < -0.3 is 24.3 Å². The zero-order valence-corrected chi connectivity index (χ0v) is 22.1. The fourth-order valence-corrected chi connectivity index (χ4v) is 3.97. The summed E-state index contributed by atoms with van der Waals surface area (Å²) in [5.41, 5.74) is 0.852. The molecule has 0 radical (unpaired) electrons. The van der Waals surface area contributed by atoms with Crippen LogP contribution in [0.2, 0.25) is 0 Å². The van der Waals surface area contributed by atoms with E-state index in [9.17, 15) is 22.4 Å². The van der Waals surface area contributed by atoms with Gasteiger partial charge >= 0.3 is 6.18 Å². The van der Waals surface area contributed by atoms with Crippen LogP contribution in [0.25, 0.3) is 12.2 Å². The number of ketones is 1. The van der Waals surface area contributed by atoms with Gasteiger partial charge in [-0.1, -0.05) is 24.3 Å². The van der Waals surface area contributed by atoms with Gasteiger partial charge in [-0.2, -0.15) is 13.2 Å². The number of rotatable bonds is 11. The highest BCUT2D eigenvalue weighted by Crippen LogP contribution is 2.39. The molecule has 0 heterocycles. The molecule has 0 fully saturated rings. The van der Waals surface area contributed by atoms with Gasteiger partial charge in [0.15, 0.2) is 28.8 Å². The standard InChI is InChI=1S/C29H29F4NO5/c1-17(12-24(35)20-8-10-21(11-9-20)29(31,32)33)34-23-14-18(13-22(30)27(23)38-4)6-7-19-15-25(36-2)28(39-5)26(16-19)37-3/h6-11,13-17,34H,12H2,1-5H3/b7-6-. The molecule has 10 heteroatoms. The van der Waals surface area contributed by atoms with Gasteiger partial charge in [0.1, 0.15) is 0 Å². The molecule has 0 saturated carbocycles. The number of benzene rings is 3. The van der Waals surface area contributed by atoms with Crippen molar-refractivity contribution in [3.63, 3.8) is 0 Å². The molecule has 39 heavy (non-hydrogen) atoms. The van der Waals surface area contributed by atoms with E-state index in [2.05, 4.69) is 5.32 Å². The first-order valence-electron chi connectivity index (χ1n) is 11.8. The van der Waals surface area contributed by atoms with Gasteiger partial charge in [0, 0.05) is 18.0 Å². The van der Waals surface area contributed by atoms with Crippen molar-refractivity contribution < 1.29 is 41.3 Å². The highest BCUT2D eigenvalue weighted by atomic mass is 19.4. The largest absolute Gasteiger partial charge is 0.493 e. The minimum Gasteiger partial charge on any atom is -0.493 e. The Labute approximate surface area is 224 Å². The summed E-state index contributed by atoms with van der Waals surface area (Å²) in [5.74, 6) is 0.361. The molecule has 0 aliphatic rings. The van der Waals surface area contributed by atoms with Crippen LogP contribution in [0, 0.1) is 5.82 Å². The summed E-state index contributed by atoms with van der Waals surface area (Å²) in [5, 5.41) is 3.07. The van der Waals surface area contributed by atoms with Crippen molar-refractivity contribution >= 4 is 23.6 Å². The molecule has 0 bridgehead atoms. The zero-order valence-electron chi connectivity index (χ0n) is 22.1. The second-order valence-electron chi connectivity index (χ2n) is 8.62. The lowest BCUT2D eigenvalue weighted by Gasteiger charge is -2.18. The van der Waals surface area contributed by atoms with Crippen LogP contribution in [0.1, 0.15) is 40.4 Å². The molecule has 1 N–H and O–H groups in total. The molecule has 0 aliphatic heterocycles. The number of Topliss-reactive ketones (excluding diaryl/α,β-unsaturated/α-hetero) is 1. The van der Waals surface area contributed by atoms with Gasteiger partial charge in [0.2, 0.25) is 5.75 Å². The smallest absolute Gasteiger partial charge is 0.416 e. The fourth-order valence-electron chi connectivity index (χ4n) is 3.97. The van der Waals surface area contributed by atoms with E-state index in [1.807, 2.05) is 0 Å². The van der Waals surface area contributed by atoms with Crippen LogP contribution < -0.4 is 24.3 Å². The molecule has 3 rings (SSSR count). The number of alkyl halides is 3. The molecule has 3 aromatic carbocycles. The lowest BCUT2D eigenvalue weighted by Crippen LogP contribution is -2.20. The van der Waals surface area contributed by atoms with Crippen LogP contribution >= 0.6 is 0 Å². The van der Waals surface area contributed by atoms with E-state index in [0.717, 1.165) is 24.3 Å². The van der Waals surface area contributed by atoms with Crippen molar-refractivity contribution in [2.24, 2.45) is 0 Å². The summed E-state index contributed by atoms with van der Waals surface area (Å²) >= 11 is 0. The average molecular weight is 548 g/mol. The number of ether oxygens (including phenoxy) is 4. The molecular weight excluding hydrogens is 518 g/mol. The number of methoxy groups -OCH3 is 4. The second kappa shape index (κ2) is 12.6. The Balaban J connectivity index is 1.80. The number of halogens is 4. The maximum atomic E-state index is 14.9. The molecule has 1 unspecified atom stereocenters. The Kier molecular flexibility index (Phi) is 9.45. The maximum Gasteiger partial charge on any atom is 0.416 e. The Hall–Kier alpha value is -4.21. The number of carbonyl (C=O) groups excluding carboxylic acids is 1. The Morgan fingerprint density at radius 3 is 1.87 bits per heavy atom. The highest BCUT2D eigenvalue weighted by molar-refractivity contribution is 5.96. The second-order valence-corrected chi connectivity index (χ2v) is 8.62. The van der Waals surface area contributed by atoms with Gasteiger partial charge in [0.05, 0.1) is 39.7 Å². The predicted molar refractivity (Wildman–Crippen MR) is 141 cm³/mol. The molecule has 0 aliphatic carbocycles. The Bertz CT molecular complexity index is 1310. The van der Waals surface area contributed by atoms with E-state index in [1.54, 1.807) is 37.3 Å². The first kappa shape index (κ1) is 29.3. The van der Waals surface area contributed by atoms with E-state index >= 15 is 0 Å². The van der Waals surface area contributed by atoms with Crippen molar-refractivity contribution in [3.05, 3.63) is 76.6 Å². The molecule has 0 amide bonds. The fraction of sp³-hybridized carbons (Fsp3) is 0.276. The highest BCUT2D eigenvalue weighted by Gasteiger charge is 2.30. The quantitative estimate of drug-likeness (QED) is 0.157. The number of hydrogen-bond acceptors (Lipinski definition) is 6. The van der Waals surface area contributed by atoms with Crippen molar-refractivity contribution in [2.75, 3.05) is 33.8 Å². The van der Waals surface area contributed by atoms with E-state index in [-0.39, 0.29) is 23.5 Å². The minimum atomic E-state index is -4.48. The van der Waals surface area contributed by atoms with Crippen LogP contribution in [0.15, 0.2) is 48.5 Å². The normalized spacial score (nSPS) is 12.2. The third kappa shape index (κ3) is 7.22. The van der Waals surface area contributed by atoms with Crippen LogP contribution in [0.5, 0.6) is 23.0 Å². The summed E-state index contributed by atoms with van der Waals surface area (Å²) in [6.07, 6.45) is -1.09. The topological polar surface area (TPSA) is 66.0 Å². The van der Waals surface area contributed by atoms with Gasteiger partial charge in [-0.15, -0.1) is 0 Å². The predicted octanol–water partition coefficient (Wildman–Crippen LogP) is 7.12. The number of anilines is 1. The molecule has 1 atom stereocenters. The maximum absolute atomic E-state index is 14.9. The summed E-state index contributed by atoms with van der Waals surface area (Å²) in [6.45, 7) is 1.71. The van der Waals surface area contributed by atoms with Crippen molar-refractivity contribution in [1.82, 2.24) is 0 Å². The monoisotopic (exact) mass is 547 g/mol. The summed E-state index contributed by atoms with van der Waals surface area (Å²) in [4.78, 5) is 12.6. The van der Waals surface area contributed by atoms with Gasteiger partial charge in [-0.3, -0.25) is 4.79 Å². The summed E-state index contributed by atoms with van der Waals surface area (Å²) < 4.78 is 74.6. The minimum absolute atomic E-state index is 0.0336. The Morgan fingerprint density at radius 2 is 1.38 bits per heavy atom. The van der Waals surface area contributed by atoms with Crippen LogP contribution in [0.4, 0.5) is 23.2 Å². The first-order chi connectivity index (χ1) is 18.5. The van der Waals surface area contributed by atoms with Crippen LogP contribution in [-0.4, -0.2) is 40.3 Å². The van der Waals surface area contributed by atoms with Crippen molar-refractivity contribution in [2.45, 2.75) is 25.6 Å². The summed E-state index contributed by atoms with van der Waals surface area (Å²) in [7, 11) is 5.84. The third-order valence-electron chi connectivity index (χ3n) is 5.85. The average Bonchev–Trinajstić information content (AvgIpc) is 2.90. The number of hydrogen-bond donors (Lipinski definition) is 1. The zero-order chi connectivity index (χ0) is 28.7. The molecule has 3 aromatic rings. The molecular formula is C29H29F4NO5.